The zero-order valence-corrected chi connectivity index (χ0v) is 16.4. The van der Waals surface area contributed by atoms with Gasteiger partial charge in [0.15, 0.2) is 0 Å². The molecule has 148 valence electrons. The fraction of sp³-hybridized carbons (Fsp3) is 0.261. The van der Waals surface area contributed by atoms with E-state index < -0.39 is 0 Å². The van der Waals surface area contributed by atoms with E-state index in [2.05, 4.69) is 27.1 Å². The Labute approximate surface area is 168 Å². The first kappa shape index (κ1) is 18.9. The van der Waals surface area contributed by atoms with Gasteiger partial charge in [0.25, 0.3) is 5.56 Å². The van der Waals surface area contributed by atoms with Crippen LogP contribution in [-0.4, -0.2) is 32.3 Å². The Balaban J connectivity index is 1.40. The van der Waals surface area contributed by atoms with Crippen molar-refractivity contribution in [3.8, 4) is 0 Å². The molecular weight excluding hydrogens is 364 g/mol. The molecule has 2 N–H and O–H groups in total. The molecule has 0 unspecified atom stereocenters. The Morgan fingerprint density at radius 1 is 1.07 bits per heavy atom. The van der Waals surface area contributed by atoms with Gasteiger partial charge in [0.05, 0.1) is 17.4 Å². The van der Waals surface area contributed by atoms with Gasteiger partial charge in [0, 0.05) is 30.1 Å². The summed E-state index contributed by atoms with van der Waals surface area (Å²) >= 11 is 0. The summed E-state index contributed by atoms with van der Waals surface area (Å²) in [6, 6.07) is 15.4. The Hall–Kier alpha value is -3.41. The predicted octanol–water partition coefficient (Wildman–Crippen LogP) is 3.78. The molecule has 1 amide bonds. The summed E-state index contributed by atoms with van der Waals surface area (Å²) < 4.78 is 0. The van der Waals surface area contributed by atoms with Crippen LogP contribution in [0.15, 0.2) is 59.5 Å². The molecule has 4 rings (SSSR count). The van der Waals surface area contributed by atoms with E-state index in [1.54, 1.807) is 11.0 Å². The van der Waals surface area contributed by atoms with E-state index in [-0.39, 0.29) is 11.5 Å². The van der Waals surface area contributed by atoms with Crippen molar-refractivity contribution in [3.63, 3.8) is 0 Å². The number of H-pyrrole nitrogens is 2. The molecule has 0 atom stereocenters. The minimum atomic E-state index is -0.173. The fourth-order valence-electron chi connectivity index (χ4n) is 3.69. The van der Waals surface area contributed by atoms with Crippen molar-refractivity contribution in [2.45, 2.75) is 32.7 Å². The first-order chi connectivity index (χ1) is 14.2. The monoisotopic (exact) mass is 388 g/mol. The van der Waals surface area contributed by atoms with E-state index in [4.69, 9.17) is 0 Å². The Morgan fingerprint density at radius 2 is 1.83 bits per heavy atom. The molecular formula is C23H24N4O2. The zero-order valence-electron chi connectivity index (χ0n) is 16.4. The SMILES string of the molecule is CCN(Cc1nc2ccccc2c(=O)[nH]1)C(=O)CCCc1c[nH]c2ccccc12. The first-order valence-corrected chi connectivity index (χ1v) is 9.96. The lowest BCUT2D eigenvalue weighted by molar-refractivity contribution is -0.131. The Bertz CT molecular complexity index is 1210. The summed E-state index contributed by atoms with van der Waals surface area (Å²) in [6.45, 7) is 2.82. The second-order valence-electron chi connectivity index (χ2n) is 7.15. The van der Waals surface area contributed by atoms with Gasteiger partial charge in [-0.3, -0.25) is 9.59 Å². The van der Waals surface area contributed by atoms with Gasteiger partial charge >= 0.3 is 0 Å². The maximum absolute atomic E-state index is 12.7. The Morgan fingerprint density at radius 3 is 2.66 bits per heavy atom. The standard InChI is InChI=1S/C23H24N4O2/c1-2-27(15-21-25-20-12-6-4-10-18(20)23(29)26-21)22(28)13-7-8-16-14-24-19-11-5-3-9-17(16)19/h3-6,9-12,14,24H,2,7-8,13,15H2,1H3,(H,25,26,29). The lowest BCUT2D eigenvalue weighted by Crippen LogP contribution is -2.31. The summed E-state index contributed by atoms with van der Waals surface area (Å²) in [5, 5.41) is 1.77. The maximum atomic E-state index is 12.7. The number of carbonyl (C=O) groups is 1. The van der Waals surface area contributed by atoms with Crippen LogP contribution in [0.4, 0.5) is 0 Å². The molecule has 0 radical (unpaired) electrons. The quantitative estimate of drug-likeness (QED) is 0.505. The van der Waals surface area contributed by atoms with Gasteiger partial charge < -0.3 is 14.9 Å². The molecule has 2 aromatic heterocycles. The van der Waals surface area contributed by atoms with Crippen LogP contribution in [0, 0.1) is 0 Å². The number of carbonyl (C=O) groups excluding carboxylic acids is 1. The highest BCUT2D eigenvalue weighted by atomic mass is 16.2. The van der Waals surface area contributed by atoms with Gasteiger partial charge in [-0.15, -0.1) is 0 Å². The van der Waals surface area contributed by atoms with Gasteiger partial charge in [-0.25, -0.2) is 4.98 Å². The van der Waals surface area contributed by atoms with E-state index >= 15 is 0 Å². The van der Waals surface area contributed by atoms with Crippen molar-refractivity contribution in [1.29, 1.82) is 0 Å². The molecule has 0 fully saturated rings. The minimum absolute atomic E-state index is 0.0724. The smallest absolute Gasteiger partial charge is 0.258 e. The van der Waals surface area contributed by atoms with Crippen LogP contribution in [0.25, 0.3) is 21.8 Å². The van der Waals surface area contributed by atoms with Crippen LogP contribution in [-0.2, 0) is 17.8 Å². The molecule has 0 aliphatic carbocycles. The van der Waals surface area contributed by atoms with Gasteiger partial charge in [-0.1, -0.05) is 30.3 Å². The van der Waals surface area contributed by atoms with Crippen molar-refractivity contribution in [1.82, 2.24) is 19.9 Å². The van der Waals surface area contributed by atoms with Crippen molar-refractivity contribution >= 4 is 27.7 Å². The highest BCUT2D eigenvalue weighted by Gasteiger charge is 2.14. The fourth-order valence-corrected chi connectivity index (χ4v) is 3.69. The number of nitrogens with zero attached hydrogens (tertiary/aromatic N) is 2. The maximum Gasteiger partial charge on any atom is 0.258 e. The number of nitrogens with one attached hydrogen (secondary N) is 2. The second-order valence-corrected chi connectivity index (χ2v) is 7.15. The van der Waals surface area contributed by atoms with E-state index in [0.717, 1.165) is 18.4 Å². The molecule has 6 nitrogen and oxygen atoms in total. The highest BCUT2D eigenvalue weighted by molar-refractivity contribution is 5.83. The summed E-state index contributed by atoms with van der Waals surface area (Å²) in [4.78, 5) is 37.3. The van der Waals surface area contributed by atoms with Gasteiger partial charge in [-0.2, -0.15) is 0 Å². The van der Waals surface area contributed by atoms with E-state index in [9.17, 15) is 9.59 Å². The van der Waals surface area contributed by atoms with Crippen molar-refractivity contribution in [3.05, 3.63) is 76.5 Å². The number of aromatic nitrogens is 3. The van der Waals surface area contributed by atoms with Crippen LogP contribution < -0.4 is 5.56 Å². The number of rotatable bonds is 7. The van der Waals surface area contributed by atoms with Gasteiger partial charge in [0.1, 0.15) is 5.82 Å². The number of amides is 1. The number of para-hydroxylation sites is 2. The number of fused-ring (bicyclic) bond motifs is 2. The average molecular weight is 388 g/mol. The number of aryl methyl sites for hydroxylation is 1. The third-order valence-electron chi connectivity index (χ3n) is 5.25. The molecule has 2 heterocycles. The molecule has 0 aliphatic heterocycles. The molecule has 0 saturated carbocycles. The summed E-state index contributed by atoms with van der Waals surface area (Å²) in [7, 11) is 0. The third-order valence-corrected chi connectivity index (χ3v) is 5.25. The molecule has 0 spiro atoms. The summed E-state index contributed by atoms with van der Waals surface area (Å²) in [5.41, 5.74) is 2.83. The van der Waals surface area contributed by atoms with Crippen LogP contribution in [0.5, 0.6) is 0 Å². The topological polar surface area (TPSA) is 81.8 Å². The van der Waals surface area contributed by atoms with Crippen LogP contribution in [0.3, 0.4) is 0 Å². The Kier molecular flexibility index (Phi) is 5.42. The molecule has 6 heteroatoms. The van der Waals surface area contributed by atoms with Crippen LogP contribution in [0.2, 0.25) is 0 Å². The molecule has 2 aromatic carbocycles. The minimum Gasteiger partial charge on any atom is -0.361 e. The number of hydrogen-bond acceptors (Lipinski definition) is 3. The van der Waals surface area contributed by atoms with E-state index in [0.29, 0.717) is 36.2 Å². The van der Waals surface area contributed by atoms with Crippen LogP contribution >= 0.6 is 0 Å². The van der Waals surface area contributed by atoms with Crippen molar-refractivity contribution < 1.29 is 4.79 Å². The second kappa shape index (κ2) is 8.31. The third kappa shape index (κ3) is 4.06. The molecule has 0 bridgehead atoms. The lowest BCUT2D eigenvalue weighted by atomic mass is 10.1. The summed E-state index contributed by atoms with van der Waals surface area (Å²) in [5.74, 6) is 0.587. The molecule has 0 aliphatic rings. The number of benzene rings is 2. The first-order valence-electron chi connectivity index (χ1n) is 9.96. The molecule has 4 aromatic rings. The van der Waals surface area contributed by atoms with Crippen molar-refractivity contribution in [2.24, 2.45) is 0 Å². The average Bonchev–Trinajstić information content (AvgIpc) is 3.15. The molecule has 29 heavy (non-hydrogen) atoms. The van der Waals surface area contributed by atoms with Gasteiger partial charge in [0.2, 0.25) is 5.91 Å². The lowest BCUT2D eigenvalue weighted by Gasteiger charge is -2.20. The number of aromatic amines is 2. The number of hydrogen-bond donors (Lipinski definition) is 2. The summed E-state index contributed by atoms with van der Waals surface area (Å²) in [6.07, 6.45) is 4.11. The van der Waals surface area contributed by atoms with Gasteiger partial charge in [-0.05, 0) is 43.5 Å². The van der Waals surface area contributed by atoms with Crippen LogP contribution in [0.1, 0.15) is 31.2 Å². The van der Waals surface area contributed by atoms with Crippen molar-refractivity contribution in [2.75, 3.05) is 6.54 Å². The van der Waals surface area contributed by atoms with E-state index in [1.807, 2.05) is 43.5 Å². The largest absolute Gasteiger partial charge is 0.361 e. The molecule has 0 saturated heterocycles. The normalized spacial score (nSPS) is 11.2. The predicted molar refractivity (Wildman–Crippen MR) is 115 cm³/mol. The highest BCUT2D eigenvalue weighted by Crippen LogP contribution is 2.19. The van der Waals surface area contributed by atoms with E-state index in [1.165, 1.54) is 10.9 Å². The zero-order chi connectivity index (χ0) is 20.2.